The quantitative estimate of drug-likeness (QED) is 0.376. The molecule has 0 amide bonds. The normalized spacial score (nSPS) is 13.6. The molecule has 0 unspecified atom stereocenters. The van der Waals surface area contributed by atoms with Gasteiger partial charge in [0.05, 0.1) is 27.9 Å². The second kappa shape index (κ2) is 6.87. The first-order valence-electron chi connectivity index (χ1n) is 7.42. The Bertz CT molecular complexity index is 894. The number of alkyl halides is 12. The van der Waals surface area contributed by atoms with Gasteiger partial charge < -0.3 is 11.5 Å². The molecule has 14 heteroatoms. The number of halogens is 12. The summed E-state index contributed by atoms with van der Waals surface area (Å²) in [5, 5.41) is 0. The van der Waals surface area contributed by atoms with E-state index < -0.39 is 63.8 Å². The minimum absolute atomic E-state index is 0.219. The number of hydrogen-bond acceptors (Lipinski definition) is 2. The summed E-state index contributed by atoms with van der Waals surface area (Å²) in [5.41, 5.74) is -8.73. The van der Waals surface area contributed by atoms with Gasteiger partial charge in [0, 0.05) is 11.3 Å². The first kappa shape index (κ1) is 23.5. The van der Waals surface area contributed by atoms with Gasteiger partial charge in [0.25, 0.3) is 0 Å². The van der Waals surface area contributed by atoms with Gasteiger partial charge in [-0.15, -0.1) is 0 Å². The lowest BCUT2D eigenvalue weighted by molar-refractivity contribution is -0.169. The lowest BCUT2D eigenvalue weighted by Crippen LogP contribution is -2.28. The highest BCUT2D eigenvalue weighted by atomic mass is 19.4. The second-order valence-corrected chi connectivity index (χ2v) is 5.90. The summed E-state index contributed by atoms with van der Waals surface area (Å²) in [6.45, 7) is 0. The van der Waals surface area contributed by atoms with Crippen LogP contribution in [0.15, 0.2) is 24.3 Å². The molecular formula is C16H8F12N2. The Morgan fingerprint density at radius 1 is 0.467 bits per heavy atom. The summed E-state index contributed by atoms with van der Waals surface area (Å²) in [4.78, 5) is 0. The van der Waals surface area contributed by atoms with Crippen LogP contribution in [-0.2, 0) is 24.7 Å². The lowest BCUT2D eigenvalue weighted by Gasteiger charge is -2.28. The van der Waals surface area contributed by atoms with Gasteiger partial charge in [-0.25, -0.2) is 0 Å². The average molecular weight is 456 g/mol. The Kier molecular flexibility index (Phi) is 5.38. The molecule has 0 heterocycles. The van der Waals surface area contributed by atoms with Crippen LogP contribution in [0.1, 0.15) is 22.3 Å². The van der Waals surface area contributed by atoms with Gasteiger partial charge >= 0.3 is 24.7 Å². The monoisotopic (exact) mass is 456 g/mol. The van der Waals surface area contributed by atoms with Crippen molar-refractivity contribution in [2.75, 3.05) is 11.5 Å². The summed E-state index contributed by atoms with van der Waals surface area (Å²) < 4.78 is 161. The third-order valence-electron chi connectivity index (χ3n) is 3.87. The Hall–Kier alpha value is -2.80. The highest BCUT2D eigenvalue weighted by molar-refractivity contribution is 5.82. The van der Waals surface area contributed by atoms with Crippen LogP contribution in [0.3, 0.4) is 0 Å². The van der Waals surface area contributed by atoms with E-state index >= 15 is 0 Å². The van der Waals surface area contributed by atoms with Crippen LogP contribution in [0.4, 0.5) is 64.1 Å². The zero-order valence-corrected chi connectivity index (χ0v) is 14.0. The van der Waals surface area contributed by atoms with Gasteiger partial charge in [-0.3, -0.25) is 0 Å². The van der Waals surface area contributed by atoms with Crippen molar-refractivity contribution >= 4 is 11.4 Å². The molecule has 0 aliphatic heterocycles. The van der Waals surface area contributed by atoms with E-state index in [-0.39, 0.29) is 5.69 Å². The van der Waals surface area contributed by atoms with E-state index in [0.717, 1.165) is 0 Å². The number of benzene rings is 2. The van der Waals surface area contributed by atoms with Gasteiger partial charge in [0.15, 0.2) is 0 Å². The van der Waals surface area contributed by atoms with Crippen molar-refractivity contribution in [3.05, 3.63) is 46.5 Å². The van der Waals surface area contributed by atoms with Crippen LogP contribution in [0.2, 0.25) is 0 Å². The summed E-state index contributed by atoms with van der Waals surface area (Å²) in [6.07, 6.45) is -24.6. The molecule has 166 valence electrons. The van der Waals surface area contributed by atoms with Crippen molar-refractivity contribution in [1.29, 1.82) is 0 Å². The smallest absolute Gasteiger partial charge is 0.399 e. The lowest BCUT2D eigenvalue weighted by atomic mass is 9.84. The van der Waals surface area contributed by atoms with E-state index in [1.807, 2.05) is 0 Å². The first-order valence-corrected chi connectivity index (χ1v) is 7.42. The fourth-order valence-corrected chi connectivity index (χ4v) is 2.86. The van der Waals surface area contributed by atoms with Gasteiger partial charge in [-0.1, -0.05) is 12.1 Å². The average Bonchev–Trinajstić information content (AvgIpc) is 2.50. The first-order chi connectivity index (χ1) is 13.3. The molecule has 0 radical (unpaired) electrons. The molecule has 2 rings (SSSR count). The molecular weight excluding hydrogens is 448 g/mol. The molecule has 2 aromatic rings. The molecule has 0 aromatic heterocycles. The topological polar surface area (TPSA) is 52.0 Å². The van der Waals surface area contributed by atoms with Crippen LogP contribution in [0.25, 0.3) is 11.1 Å². The molecule has 0 saturated heterocycles. The highest BCUT2D eigenvalue weighted by Crippen LogP contribution is 2.56. The summed E-state index contributed by atoms with van der Waals surface area (Å²) in [7, 11) is 0. The molecule has 0 spiro atoms. The van der Waals surface area contributed by atoms with Crippen LogP contribution < -0.4 is 11.5 Å². The fraction of sp³-hybridized carbons (Fsp3) is 0.250. The largest absolute Gasteiger partial charge is 0.419 e. The molecule has 0 atom stereocenters. The fourth-order valence-electron chi connectivity index (χ4n) is 2.86. The minimum atomic E-state index is -6.17. The number of nitrogen functional groups attached to an aromatic ring is 2. The van der Waals surface area contributed by atoms with E-state index in [1.54, 1.807) is 0 Å². The van der Waals surface area contributed by atoms with E-state index in [9.17, 15) is 52.7 Å². The van der Waals surface area contributed by atoms with Crippen molar-refractivity contribution in [3.63, 3.8) is 0 Å². The molecule has 0 fully saturated rings. The molecule has 0 aliphatic carbocycles. The summed E-state index contributed by atoms with van der Waals surface area (Å²) in [5.74, 6) is 0. The van der Waals surface area contributed by atoms with Crippen LogP contribution in [0.5, 0.6) is 0 Å². The van der Waals surface area contributed by atoms with Gasteiger partial charge in [0.2, 0.25) is 0 Å². The van der Waals surface area contributed by atoms with E-state index in [0.29, 0.717) is 24.3 Å². The molecule has 0 saturated carbocycles. The second-order valence-electron chi connectivity index (χ2n) is 5.90. The Balaban J connectivity index is 3.35. The summed E-state index contributed by atoms with van der Waals surface area (Å²) >= 11 is 0. The molecule has 2 aromatic carbocycles. The zero-order valence-electron chi connectivity index (χ0n) is 14.0. The van der Waals surface area contributed by atoms with Crippen molar-refractivity contribution in [1.82, 2.24) is 0 Å². The van der Waals surface area contributed by atoms with E-state index in [1.165, 1.54) is 0 Å². The maximum absolute atomic E-state index is 13.6. The third-order valence-corrected chi connectivity index (χ3v) is 3.87. The number of rotatable bonds is 1. The van der Waals surface area contributed by atoms with Crippen molar-refractivity contribution in [2.45, 2.75) is 24.7 Å². The Morgan fingerprint density at radius 3 is 1.03 bits per heavy atom. The van der Waals surface area contributed by atoms with Crippen molar-refractivity contribution in [2.24, 2.45) is 0 Å². The standard InChI is InChI=1S/C16H8F12N2/c17-13(18,19)8-7(5-1-3-6(29)4-2-5)9(14(20,21)22)11(16(26,27)28)12(30)10(8)15(23,24)25/h1-4H,29-30H2. The molecule has 30 heavy (non-hydrogen) atoms. The predicted octanol–water partition coefficient (Wildman–Crippen LogP) is 6.59. The van der Waals surface area contributed by atoms with Gasteiger partial charge in [-0.05, 0) is 17.7 Å². The molecule has 4 N–H and O–H groups in total. The van der Waals surface area contributed by atoms with Crippen molar-refractivity contribution < 1.29 is 52.7 Å². The van der Waals surface area contributed by atoms with Crippen LogP contribution >= 0.6 is 0 Å². The maximum atomic E-state index is 13.6. The van der Waals surface area contributed by atoms with Gasteiger partial charge in [0.1, 0.15) is 0 Å². The molecule has 0 aliphatic rings. The van der Waals surface area contributed by atoms with Crippen LogP contribution in [-0.4, -0.2) is 0 Å². The number of nitrogens with two attached hydrogens (primary N) is 2. The minimum Gasteiger partial charge on any atom is -0.399 e. The predicted molar refractivity (Wildman–Crippen MR) is 80.7 cm³/mol. The Morgan fingerprint density at radius 2 is 0.767 bits per heavy atom. The van der Waals surface area contributed by atoms with Gasteiger partial charge in [-0.2, -0.15) is 52.7 Å². The zero-order chi connectivity index (χ0) is 23.4. The summed E-state index contributed by atoms with van der Waals surface area (Å²) in [6, 6.07) is 2.30. The molecule has 0 bridgehead atoms. The van der Waals surface area contributed by atoms with Crippen LogP contribution in [0, 0.1) is 0 Å². The maximum Gasteiger partial charge on any atom is 0.419 e. The SMILES string of the molecule is Nc1ccc(-c2c(C(F)(F)F)c(C(F)(F)F)c(N)c(C(F)(F)F)c2C(F)(F)F)cc1. The van der Waals surface area contributed by atoms with Crippen molar-refractivity contribution in [3.8, 4) is 11.1 Å². The number of anilines is 2. The molecule has 2 nitrogen and oxygen atoms in total. The Labute approximate surface area is 159 Å². The number of hydrogen-bond donors (Lipinski definition) is 2. The third kappa shape index (κ3) is 4.21. The van der Waals surface area contributed by atoms with E-state index in [4.69, 9.17) is 5.73 Å². The van der Waals surface area contributed by atoms with E-state index in [2.05, 4.69) is 5.73 Å². The highest BCUT2D eigenvalue weighted by Gasteiger charge is 2.55.